The minimum atomic E-state index is -1.04. The minimum Gasteiger partial charge on any atom is -0.502 e. The molecule has 0 spiro atoms. The quantitative estimate of drug-likeness (QED) is 0.484. The fourth-order valence-corrected chi connectivity index (χ4v) is 4.57. The van der Waals surface area contributed by atoms with E-state index in [0.29, 0.717) is 18.4 Å². The molecule has 2 aliphatic heterocycles. The Hall–Kier alpha value is -4.32. The largest absolute Gasteiger partial charge is 0.502 e. The van der Waals surface area contributed by atoms with Gasteiger partial charge in [0.05, 0.1) is 18.3 Å². The topological polar surface area (TPSA) is 117 Å². The van der Waals surface area contributed by atoms with Crippen molar-refractivity contribution in [3.05, 3.63) is 93.2 Å². The molecule has 0 unspecified atom stereocenters. The molecular formula is C26H25F2N5O5. The molecule has 2 amide bonds. The van der Waals surface area contributed by atoms with Crippen LogP contribution in [0.4, 0.5) is 8.78 Å². The van der Waals surface area contributed by atoms with E-state index in [1.165, 1.54) is 21.8 Å². The van der Waals surface area contributed by atoms with E-state index in [9.17, 15) is 28.3 Å². The number of pyridine rings is 2. The molecule has 3 aromatic rings. The molecule has 0 saturated carbocycles. The molecule has 4 heterocycles. The van der Waals surface area contributed by atoms with Crippen molar-refractivity contribution in [3.63, 3.8) is 0 Å². The number of hydrogen-bond donors (Lipinski definition) is 2. The van der Waals surface area contributed by atoms with Crippen LogP contribution < -0.4 is 15.8 Å². The Kier molecular flexibility index (Phi) is 7.05. The van der Waals surface area contributed by atoms with Gasteiger partial charge in [-0.05, 0) is 31.0 Å². The molecule has 198 valence electrons. The molecule has 38 heavy (non-hydrogen) atoms. The minimum absolute atomic E-state index is 0.0127. The molecular weight excluding hydrogens is 500 g/mol. The molecule has 2 aromatic heterocycles. The first kappa shape index (κ1) is 25.3. The van der Waals surface area contributed by atoms with E-state index in [1.807, 2.05) is 0 Å². The van der Waals surface area contributed by atoms with Gasteiger partial charge in [-0.1, -0.05) is 12.1 Å². The van der Waals surface area contributed by atoms with Gasteiger partial charge in [0.15, 0.2) is 11.4 Å². The molecule has 1 fully saturated rings. The van der Waals surface area contributed by atoms with Crippen LogP contribution in [0.5, 0.6) is 5.75 Å². The molecule has 1 saturated heterocycles. The Balaban J connectivity index is 1.47. The molecule has 12 heteroatoms. The highest BCUT2D eigenvalue weighted by Crippen LogP contribution is 2.24. The number of carbonyl (C=O) groups is 2. The van der Waals surface area contributed by atoms with E-state index in [0.717, 1.165) is 18.9 Å². The Morgan fingerprint density at radius 1 is 1.21 bits per heavy atom. The van der Waals surface area contributed by atoms with Gasteiger partial charge in [0.25, 0.3) is 11.8 Å². The zero-order valence-corrected chi connectivity index (χ0v) is 20.3. The first-order valence-corrected chi connectivity index (χ1v) is 12.1. The van der Waals surface area contributed by atoms with Crippen LogP contribution in [0, 0.1) is 11.6 Å². The summed E-state index contributed by atoms with van der Waals surface area (Å²) in [5.41, 5.74) is -1.10. The average Bonchev–Trinajstić information content (AvgIpc) is 3.41. The zero-order valence-electron chi connectivity index (χ0n) is 20.3. The average molecular weight is 526 g/mol. The van der Waals surface area contributed by atoms with Crippen LogP contribution in [-0.2, 0) is 17.8 Å². The maximum Gasteiger partial charge on any atom is 0.277 e. The first-order chi connectivity index (χ1) is 18.3. The van der Waals surface area contributed by atoms with Crippen LogP contribution >= 0.6 is 0 Å². The highest BCUT2D eigenvalue weighted by molar-refractivity contribution is 5.99. The van der Waals surface area contributed by atoms with Gasteiger partial charge in [-0.3, -0.25) is 29.1 Å². The van der Waals surface area contributed by atoms with Crippen LogP contribution in [0.25, 0.3) is 0 Å². The summed E-state index contributed by atoms with van der Waals surface area (Å²) in [6.45, 7) is 0.848. The second kappa shape index (κ2) is 10.6. The van der Waals surface area contributed by atoms with Crippen LogP contribution in [0.1, 0.15) is 44.9 Å². The molecule has 5 rings (SSSR count). The Bertz CT molecular complexity index is 1430. The van der Waals surface area contributed by atoms with Crippen molar-refractivity contribution in [1.82, 2.24) is 19.9 Å². The molecule has 2 N–H and O–H groups in total. The molecule has 1 atom stereocenters. The molecule has 1 aromatic carbocycles. The number of carbonyl (C=O) groups excluding carboxylic acids is 2. The first-order valence-electron chi connectivity index (χ1n) is 12.1. The van der Waals surface area contributed by atoms with Crippen LogP contribution in [0.3, 0.4) is 0 Å². The van der Waals surface area contributed by atoms with Crippen molar-refractivity contribution in [2.45, 2.75) is 32.0 Å². The van der Waals surface area contributed by atoms with Gasteiger partial charge in [0.1, 0.15) is 23.9 Å². The van der Waals surface area contributed by atoms with Gasteiger partial charge >= 0.3 is 0 Å². The van der Waals surface area contributed by atoms with Crippen molar-refractivity contribution in [2.24, 2.45) is 0 Å². The van der Waals surface area contributed by atoms with Gasteiger partial charge < -0.3 is 20.1 Å². The predicted molar refractivity (Wildman–Crippen MR) is 131 cm³/mol. The van der Waals surface area contributed by atoms with Crippen molar-refractivity contribution < 1.29 is 28.2 Å². The van der Waals surface area contributed by atoms with Crippen molar-refractivity contribution in [2.75, 3.05) is 24.8 Å². The van der Waals surface area contributed by atoms with Gasteiger partial charge in [-0.15, -0.1) is 0 Å². The lowest BCUT2D eigenvalue weighted by Gasteiger charge is -2.40. The standard InChI is InChI=1S/C26H25F2N5O5/c27-17-7-6-16(21(28)10-17)11-30-25(36)20-14-33-22(24(35)23(20)34)26(37)31(13-19-5-3-9-38-19)15-32(33)12-18-4-1-2-8-29-18/h1-2,4,6-8,10,14,19,35H,3,5,9,11-13,15H2,(H,30,36)/t19-/m0/s1. The number of hydrogen-bond acceptors (Lipinski definition) is 7. The van der Waals surface area contributed by atoms with Crippen molar-refractivity contribution in [1.29, 1.82) is 0 Å². The van der Waals surface area contributed by atoms with E-state index in [1.54, 1.807) is 29.4 Å². The summed E-state index contributed by atoms with van der Waals surface area (Å²) in [6.07, 6.45) is 4.31. The highest BCUT2D eigenvalue weighted by atomic mass is 19.1. The summed E-state index contributed by atoms with van der Waals surface area (Å²) in [5, 5.41) is 14.9. The third-order valence-corrected chi connectivity index (χ3v) is 6.51. The monoisotopic (exact) mass is 525 g/mol. The number of amides is 2. The normalized spacial score (nSPS) is 17.0. The van der Waals surface area contributed by atoms with Gasteiger partial charge in [0, 0.05) is 43.7 Å². The number of nitrogens with one attached hydrogen (secondary N) is 1. The van der Waals surface area contributed by atoms with Gasteiger partial charge in [-0.25, -0.2) is 8.78 Å². The lowest BCUT2D eigenvalue weighted by atomic mass is 10.1. The lowest BCUT2D eigenvalue weighted by Crippen LogP contribution is -2.55. The smallest absolute Gasteiger partial charge is 0.277 e. The third kappa shape index (κ3) is 5.07. The number of fused-ring (bicyclic) bond motifs is 1. The number of benzene rings is 1. The number of nitrogens with zero attached hydrogens (tertiary/aromatic N) is 4. The SMILES string of the molecule is O=C(NCc1ccc(F)cc1F)c1cn2c(c(O)c1=O)C(=O)N(C[C@@H]1CCCO1)CN2Cc1ccccn1. The molecule has 0 bridgehead atoms. The Labute approximate surface area is 216 Å². The van der Waals surface area contributed by atoms with E-state index in [4.69, 9.17) is 4.74 Å². The Morgan fingerprint density at radius 3 is 2.76 bits per heavy atom. The lowest BCUT2D eigenvalue weighted by molar-refractivity contribution is 0.0455. The number of ether oxygens (including phenoxy) is 1. The number of rotatable bonds is 7. The van der Waals surface area contributed by atoms with E-state index in [2.05, 4.69) is 10.3 Å². The third-order valence-electron chi connectivity index (χ3n) is 6.51. The van der Waals surface area contributed by atoms with E-state index in [-0.39, 0.29) is 43.7 Å². The predicted octanol–water partition coefficient (Wildman–Crippen LogP) is 1.89. The number of halogens is 2. The second-order valence-electron chi connectivity index (χ2n) is 9.12. The van der Waals surface area contributed by atoms with Crippen LogP contribution in [-0.4, -0.2) is 57.4 Å². The Morgan fingerprint density at radius 2 is 2.05 bits per heavy atom. The summed E-state index contributed by atoms with van der Waals surface area (Å²) in [6, 6.07) is 8.26. The highest BCUT2D eigenvalue weighted by Gasteiger charge is 2.36. The molecule has 0 radical (unpaired) electrons. The summed E-state index contributed by atoms with van der Waals surface area (Å²) >= 11 is 0. The second-order valence-corrected chi connectivity index (χ2v) is 9.12. The summed E-state index contributed by atoms with van der Waals surface area (Å²) in [5.74, 6) is -3.96. The fourth-order valence-electron chi connectivity index (χ4n) is 4.57. The van der Waals surface area contributed by atoms with Crippen LogP contribution in [0.2, 0.25) is 0 Å². The van der Waals surface area contributed by atoms with Crippen LogP contribution in [0.15, 0.2) is 53.6 Å². The van der Waals surface area contributed by atoms with Crippen molar-refractivity contribution in [3.8, 4) is 5.75 Å². The van der Waals surface area contributed by atoms with E-state index < -0.39 is 40.2 Å². The maximum absolute atomic E-state index is 14.0. The number of aromatic nitrogens is 2. The van der Waals surface area contributed by atoms with E-state index >= 15 is 0 Å². The number of aromatic hydroxyl groups is 1. The maximum atomic E-state index is 14.0. The van der Waals surface area contributed by atoms with Gasteiger partial charge in [-0.2, -0.15) is 0 Å². The zero-order chi connectivity index (χ0) is 26.8. The molecule has 0 aliphatic carbocycles. The molecule has 2 aliphatic rings. The van der Waals surface area contributed by atoms with Gasteiger partial charge in [0.2, 0.25) is 5.43 Å². The fraction of sp³-hybridized carbons (Fsp3) is 0.308. The summed E-state index contributed by atoms with van der Waals surface area (Å²) in [7, 11) is 0. The summed E-state index contributed by atoms with van der Waals surface area (Å²) < 4.78 is 34.1. The van der Waals surface area contributed by atoms with Crippen molar-refractivity contribution >= 4 is 11.8 Å². The molecule has 10 nitrogen and oxygen atoms in total. The summed E-state index contributed by atoms with van der Waals surface area (Å²) in [4.78, 5) is 45.1.